The number of ether oxygens (including phenoxy) is 1. The standard InChI is InChI=1S/C10H9NO4S/c1-15-10(12)5-7-2-3-9(11(13)14)8(4-7)6-16/h2-4,6H,5H2,1H3. The number of hydrogen-bond acceptors (Lipinski definition) is 5. The van der Waals surface area contributed by atoms with Gasteiger partial charge in [-0.25, -0.2) is 0 Å². The van der Waals surface area contributed by atoms with Crippen LogP contribution in [0.5, 0.6) is 0 Å². The zero-order valence-corrected chi connectivity index (χ0v) is 9.32. The van der Waals surface area contributed by atoms with E-state index >= 15 is 0 Å². The summed E-state index contributed by atoms with van der Waals surface area (Å²) in [5, 5.41) is 11.8. The number of hydrogen-bond donors (Lipinski definition) is 0. The highest BCUT2D eigenvalue weighted by atomic mass is 32.1. The SMILES string of the molecule is COC(=O)Cc1ccc([N+](=O)[O-])c(C=S)c1. The first-order valence-corrected chi connectivity index (χ1v) is 4.85. The van der Waals surface area contributed by atoms with Crippen LogP contribution in [0.25, 0.3) is 0 Å². The molecular weight excluding hydrogens is 230 g/mol. The number of thiocarbonyl (C=S) groups is 1. The second kappa shape index (κ2) is 5.32. The van der Waals surface area contributed by atoms with E-state index in [1.54, 1.807) is 0 Å². The zero-order valence-electron chi connectivity index (χ0n) is 8.50. The van der Waals surface area contributed by atoms with Gasteiger partial charge in [-0.15, -0.1) is 0 Å². The third kappa shape index (κ3) is 2.83. The van der Waals surface area contributed by atoms with Crippen molar-refractivity contribution in [1.29, 1.82) is 0 Å². The number of methoxy groups -OCH3 is 1. The van der Waals surface area contributed by atoms with Crippen LogP contribution in [0.4, 0.5) is 5.69 Å². The molecular formula is C10H9NO4S. The van der Waals surface area contributed by atoms with Crippen molar-refractivity contribution in [2.75, 3.05) is 7.11 Å². The predicted octanol–water partition coefficient (Wildman–Crippen LogP) is 1.66. The van der Waals surface area contributed by atoms with Gasteiger partial charge in [0.2, 0.25) is 0 Å². The van der Waals surface area contributed by atoms with Gasteiger partial charge in [-0.3, -0.25) is 14.9 Å². The minimum Gasteiger partial charge on any atom is -0.469 e. The van der Waals surface area contributed by atoms with Gasteiger partial charge >= 0.3 is 5.97 Å². The fourth-order valence-electron chi connectivity index (χ4n) is 1.21. The van der Waals surface area contributed by atoms with Gasteiger partial charge in [0.15, 0.2) is 0 Å². The molecule has 0 saturated carbocycles. The van der Waals surface area contributed by atoms with E-state index in [4.69, 9.17) is 0 Å². The maximum absolute atomic E-state index is 11.0. The maximum atomic E-state index is 11.0. The van der Waals surface area contributed by atoms with E-state index in [2.05, 4.69) is 17.0 Å². The van der Waals surface area contributed by atoms with E-state index in [-0.39, 0.29) is 12.1 Å². The molecule has 16 heavy (non-hydrogen) atoms. The topological polar surface area (TPSA) is 69.4 Å². The van der Waals surface area contributed by atoms with Crippen LogP contribution >= 0.6 is 12.2 Å². The number of nitrogens with zero attached hydrogens (tertiary/aromatic N) is 1. The van der Waals surface area contributed by atoms with Crippen LogP contribution in [-0.4, -0.2) is 23.4 Å². The van der Waals surface area contributed by atoms with Crippen molar-refractivity contribution in [2.24, 2.45) is 0 Å². The summed E-state index contributed by atoms with van der Waals surface area (Å²) in [5.41, 5.74) is 0.888. The van der Waals surface area contributed by atoms with Gasteiger partial charge < -0.3 is 4.74 Å². The van der Waals surface area contributed by atoms with Crippen molar-refractivity contribution in [3.8, 4) is 0 Å². The van der Waals surface area contributed by atoms with Crippen molar-refractivity contribution >= 4 is 29.2 Å². The lowest BCUT2D eigenvalue weighted by Gasteiger charge is -2.02. The van der Waals surface area contributed by atoms with Crippen LogP contribution in [0.1, 0.15) is 11.1 Å². The van der Waals surface area contributed by atoms with Gasteiger partial charge in [0, 0.05) is 11.4 Å². The molecule has 5 nitrogen and oxygen atoms in total. The number of nitro groups is 1. The Kier molecular flexibility index (Phi) is 4.07. The van der Waals surface area contributed by atoms with E-state index < -0.39 is 10.9 Å². The number of carbonyl (C=O) groups is 1. The second-order valence-electron chi connectivity index (χ2n) is 3.02. The number of rotatable bonds is 4. The first-order valence-electron chi connectivity index (χ1n) is 4.37. The lowest BCUT2D eigenvalue weighted by molar-refractivity contribution is -0.385. The molecule has 0 saturated heterocycles. The van der Waals surface area contributed by atoms with Crippen molar-refractivity contribution in [3.63, 3.8) is 0 Å². The maximum Gasteiger partial charge on any atom is 0.309 e. The number of benzene rings is 1. The Balaban J connectivity index is 3.04. The van der Waals surface area contributed by atoms with E-state index in [0.29, 0.717) is 11.1 Å². The molecule has 0 aromatic heterocycles. The highest BCUT2D eigenvalue weighted by Crippen LogP contribution is 2.18. The summed E-state index contributed by atoms with van der Waals surface area (Å²) < 4.78 is 4.50. The molecule has 0 N–H and O–H groups in total. The minimum absolute atomic E-state index is 0.0661. The molecule has 0 spiro atoms. The molecule has 0 heterocycles. The number of esters is 1. The third-order valence-electron chi connectivity index (χ3n) is 1.99. The Bertz CT molecular complexity index is 444. The average molecular weight is 239 g/mol. The molecule has 0 aliphatic carbocycles. The second-order valence-corrected chi connectivity index (χ2v) is 3.26. The first-order chi connectivity index (χ1) is 7.58. The van der Waals surface area contributed by atoms with Crippen LogP contribution in [0.15, 0.2) is 18.2 Å². The number of carbonyl (C=O) groups excluding carboxylic acids is 1. The first kappa shape index (κ1) is 12.3. The van der Waals surface area contributed by atoms with Crippen molar-refractivity contribution in [2.45, 2.75) is 6.42 Å². The van der Waals surface area contributed by atoms with Gasteiger partial charge in [0.1, 0.15) is 0 Å². The largest absolute Gasteiger partial charge is 0.469 e. The van der Waals surface area contributed by atoms with E-state index in [1.165, 1.54) is 30.7 Å². The van der Waals surface area contributed by atoms with Gasteiger partial charge in [-0.2, -0.15) is 0 Å². The highest BCUT2D eigenvalue weighted by Gasteiger charge is 2.13. The van der Waals surface area contributed by atoms with E-state index in [9.17, 15) is 14.9 Å². The highest BCUT2D eigenvalue weighted by molar-refractivity contribution is 7.79. The Morgan fingerprint density at radius 2 is 2.31 bits per heavy atom. The zero-order chi connectivity index (χ0) is 12.1. The molecule has 1 aromatic carbocycles. The Morgan fingerprint density at radius 3 is 2.81 bits per heavy atom. The smallest absolute Gasteiger partial charge is 0.309 e. The number of nitro benzene ring substituents is 1. The molecule has 0 fully saturated rings. The van der Waals surface area contributed by atoms with Crippen LogP contribution in [0.3, 0.4) is 0 Å². The fraction of sp³-hybridized carbons (Fsp3) is 0.200. The normalized spacial score (nSPS) is 9.56. The van der Waals surface area contributed by atoms with Crippen LogP contribution < -0.4 is 0 Å². The molecule has 0 unspecified atom stereocenters. The van der Waals surface area contributed by atoms with Crippen molar-refractivity contribution in [1.82, 2.24) is 0 Å². The Labute approximate surface area is 97.2 Å². The molecule has 84 valence electrons. The fourth-order valence-corrected chi connectivity index (χ4v) is 1.40. The molecule has 0 radical (unpaired) electrons. The molecule has 1 rings (SSSR count). The summed E-state index contributed by atoms with van der Waals surface area (Å²) in [6.07, 6.45) is 0.0741. The molecule has 0 atom stereocenters. The Morgan fingerprint density at radius 1 is 1.62 bits per heavy atom. The van der Waals surface area contributed by atoms with Crippen LogP contribution in [-0.2, 0) is 16.0 Å². The van der Waals surface area contributed by atoms with Gasteiger partial charge in [0.25, 0.3) is 5.69 Å². The van der Waals surface area contributed by atoms with Gasteiger partial charge in [-0.05, 0) is 11.6 Å². The average Bonchev–Trinajstić information content (AvgIpc) is 2.28. The Hall–Kier alpha value is -1.82. The lowest BCUT2D eigenvalue weighted by atomic mass is 10.1. The molecule has 0 aliphatic rings. The summed E-state index contributed by atoms with van der Waals surface area (Å²) in [4.78, 5) is 21.1. The summed E-state index contributed by atoms with van der Waals surface area (Å²) in [6.45, 7) is 0. The summed E-state index contributed by atoms with van der Waals surface area (Å²) in [7, 11) is 1.29. The monoisotopic (exact) mass is 239 g/mol. The molecule has 0 bridgehead atoms. The molecule has 0 amide bonds. The van der Waals surface area contributed by atoms with Crippen molar-refractivity contribution < 1.29 is 14.5 Å². The molecule has 1 aromatic rings. The predicted molar refractivity (Wildman–Crippen MR) is 61.6 cm³/mol. The summed E-state index contributed by atoms with van der Waals surface area (Å²) in [5.74, 6) is -0.399. The van der Waals surface area contributed by atoms with Gasteiger partial charge in [-0.1, -0.05) is 18.3 Å². The van der Waals surface area contributed by atoms with E-state index in [0.717, 1.165) is 0 Å². The third-order valence-corrected chi connectivity index (χ3v) is 2.25. The summed E-state index contributed by atoms with van der Waals surface area (Å²) in [6, 6.07) is 4.36. The summed E-state index contributed by atoms with van der Waals surface area (Å²) >= 11 is 4.68. The van der Waals surface area contributed by atoms with Crippen molar-refractivity contribution in [3.05, 3.63) is 39.4 Å². The quantitative estimate of drug-likeness (QED) is 0.346. The lowest BCUT2D eigenvalue weighted by Crippen LogP contribution is -2.05. The minimum atomic E-state index is -0.514. The molecule has 6 heteroatoms. The van der Waals surface area contributed by atoms with Crippen LogP contribution in [0, 0.1) is 10.1 Å². The van der Waals surface area contributed by atoms with Gasteiger partial charge in [0.05, 0.1) is 24.0 Å². The molecule has 0 aliphatic heterocycles. The van der Waals surface area contributed by atoms with Crippen LogP contribution in [0.2, 0.25) is 0 Å². The van der Waals surface area contributed by atoms with E-state index in [1.807, 2.05) is 0 Å².